The lowest BCUT2D eigenvalue weighted by atomic mass is 10.0. The Morgan fingerprint density at radius 2 is 1.18 bits per heavy atom. The average molecular weight is 417 g/mol. The number of thioether (sulfide) groups is 1. The van der Waals surface area contributed by atoms with E-state index in [9.17, 15) is 5.11 Å². The van der Waals surface area contributed by atoms with Crippen molar-refractivity contribution in [3.05, 3.63) is 0 Å². The molecule has 0 heterocycles. The molecule has 0 aromatic carbocycles. The molecule has 0 saturated carbocycles. The van der Waals surface area contributed by atoms with Crippen molar-refractivity contribution in [3.8, 4) is 0 Å². The minimum atomic E-state index is 0.0281. The second-order valence-electron chi connectivity index (χ2n) is 8.70. The predicted octanol–water partition coefficient (Wildman–Crippen LogP) is 8.01. The Labute approximate surface area is 182 Å². The lowest BCUT2D eigenvalue weighted by Crippen LogP contribution is -2.21. The van der Waals surface area contributed by atoms with Crippen LogP contribution in [0.3, 0.4) is 0 Å². The zero-order valence-corrected chi connectivity index (χ0v) is 20.4. The van der Waals surface area contributed by atoms with Crippen LogP contribution in [0.25, 0.3) is 0 Å². The first kappa shape index (κ1) is 28.3. The van der Waals surface area contributed by atoms with Crippen LogP contribution in [0.15, 0.2) is 0 Å². The van der Waals surface area contributed by atoms with Gasteiger partial charge in [-0.1, -0.05) is 111 Å². The van der Waals surface area contributed by atoms with Crippen molar-refractivity contribution in [3.63, 3.8) is 0 Å². The van der Waals surface area contributed by atoms with Crippen molar-refractivity contribution in [2.45, 2.75) is 130 Å². The van der Waals surface area contributed by atoms with Gasteiger partial charge in [0.1, 0.15) is 0 Å². The number of aliphatic hydroxyl groups is 1. The van der Waals surface area contributed by atoms with Crippen LogP contribution in [-0.4, -0.2) is 35.9 Å². The Hall–Kier alpha value is 0.270. The lowest BCUT2D eigenvalue weighted by molar-refractivity contribution is 0.0260. The molecule has 0 fully saturated rings. The first-order valence-electron chi connectivity index (χ1n) is 12.5. The monoisotopic (exact) mass is 416 g/mol. The normalized spacial score (nSPS) is 13.7. The maximum Gasteiger partial charge on any atom is 0.0895 e. The van der Waals surface area contributed by atoms with E-state index in [1.54, 1.807) is 0 Å². The van der Waals surface area contributed by atoms with Gasteiger partial charge in [-0.05, 0) is 24.5 Å². The molecule has 0 aliphatic rings. The molecule has 2 nitrogen and oxygen atoms in total. The summed E-state index contributed by atoms with van der Waals surface area (Å²) in [5.41, 5.74) is 0. The molecule has 2 atom stereocenters. The number of rotatable bonds is 23. The quantitative estimate of drug-likeness (QED) is 0.171. The maximum absolute atomic E-state index is 9.54. The SMILES string of the molecule is CCCCCCCCCCOC(CO)CSCC(C)CCCCCCCCC. The topological polar surface area (TPSA) is 29.5 Å². The van der Waals surface area contributed by atoms with E-state index in [-0.39, 0.29) is 12.7 Å². The molecular formula is C25H52O2S. The van der Waals surface area contributed by atoms with Crippen molar-refractivity contribution in [2.24, 2.45) is 5.92 Å². The van der Waals surface area contributed by atoms with Crippen LogP contribution in [-0.2, 0) is 4.74 Å². The van der Waals surface area contributed by atoms with Gasteiger partial charge in [-0.2, -0.15) is 11.8 Å². The fourth-order valence-electron chi connectivity index (χ4n) is 3.57. The Kier molecular flexibility index (Phi) is 23.8. The molecule has 170 valence electrons. The number of ether oxygens (including phenoxy) is 1. The van der Waals surface area contributed by atoms with Crippen LogP contribution < -0.4 is 0 Å². The second-order valence-corrected chi connectivity index (χ2v) is 9.78. The summed E-state index contributed by atoms with van der Waals surface area (Å²) in [6.45, 7) is 7.90. The van der Waals surface area contributed by atoms with Crippen LogP contribution in [0, 0.1) is 5.92 Å². The minimum Gasteiger partial charge on any atom is -0.394 e. The molecule has 0 radical (unpaired) electrons. The fourth-order valence-corrected chi connectivity index (χ4v) is 4.74. The Morgan fingerprint density at radius 3 is 1.71 bits per heavy atom. The Bertz CT molecular complexity index is 286. The highest BCUT2D eigenvalue weighted by Crippen LogP contribution is 2.18. The van der Waals surface area contributed by atoms with Gasteiger partial charge < -0.3 is 9.84 Å². The highest BCUT2D eigenvalue weighted by molar-refractivity contribution is 7.99. The molecule has 0 spiro atoms. The second kappa shape index (κ2) is 23.5. The third kappa shape index (κ3) is 21.0. The summed E-state index contributed by atoms with van der Waals surface area (Å²) in [5.74, 6) is 2.93. The van der Waals surface area contributed by atoms with Crippen LogP contribution in [0.2, 0.25) is 0 Å². The van der Waals surface area contributed by atoms with Crippen LogP contribution in [0.5, 0.6) is 0 Å². The van der Waals surface area contributed by atoms with E-state index in [1.165, 1.54) is 102 Å². The molecule has 0 aliphatic heterocycles. The Morgan fingerprint density at radius 1 is 0.679 bits per heavy atom. The molecule has 0 saturated heterocycles. The number of unbranched alkanes of at least 4 members (excludes halogenated alkanes) is 13. The van der Waals surface area contributed by atoms with Crippen molar-refractivity contribution < 1.29 is 9.84 Å². The minimum absolute atomic E-state index is 0.0281. The number of aliphatic hydroxyl groups excluding tert-OH is 1. The molecule has 1 N–H and O–H groups in total. The van der Waals surface area contributed by atoms with Crippen molar-refractivity contribution >= 4 is 11.8 Å². The summed E-state index contributed by atoms with van der Waals surface area (Å²) < 4.78 is 5.89. The van der Waals surface area contributed by atoms with E-state index in [0.717, 1.165) is 24.7 Å². The molecular weight excluding hydrogens is 364 g/mol. The third-order valence-electron chi connectivity index (χ3n) is 5.56. The van der Waals surface area contributed by atoms with E-state index in [1.807, 2.05) is 11.8 Å². The summed E-state index contributed by atoms with van der Waals surface area (Å²) in [6.07, 6.45) is 21.8. The maximum atomic E-state index is 9.54. The highest BCUT2D eigenvalue weighted by Gasteiger charge is 2.09. The molecule has 0 aromatic heterocycles. The van der Waals surface area contributed by atoms with Gasteiger partial charge in [-0.3, -0.25) is 0 Å². The van der Waals surface area contributed by atoms with Crippen molar-refractivity contribution in [1.82, 2.24) is 0 Å². The third-order valence-corrected chi connectivity index (χ3v) is 6.97. The number of hydrogen-bond acceptors (Lipinski definition) is 3. The molecule has 0 aliphatic carbocycles. The van der Waals surface area contributed by atoms with E-state index in [0.29, 0.717) is 0 Å². The van der Waals surface area contributed by atoms with Gasteiger partial charge in [0.25, 0.3) is 0 Å². The first-order valence-corrected chi connectivity index (χ1v) is 13.7. The van der Waals surface area contributed by atoms with Gasteiger partial charge in [-0.15, -0.1) is 0 Å². The molecule has 0 amide bonds. The van der Waals surface area contributed by atoms with E-state index in [4.69, 9.17) is 4.74 Å². The van der Waals surface area contributed by atoms with Gasteiger partial charge in [0.05, 0.1) is 12.7 Å². The van der Waals surface area contributed by atoms with E-state index in [2.05, 4.69) is 20.8 Å². The molecule has 2 unspecified atom stereocenters. The van der Waals surface area contributed by atoms with Gasteiger partial charge in [-0.25, -0.2) is 0 Å². The zero-order chi connectivity index (χ0) is 20.7. The van der Waals surface area contributed by atoms with E-state index >= 15 is 0 Å². The molecule has 0 aromatic rings. The summed E-state index contributed by atoms with van der Waals surface area (Å²) in [4.78, 5) is 0. The van der Waals surface area contributed by atoms with Gasteiger partial charge >= 0.3 is 0 Å². The molecule has 3 heteroatoms. The van der Waals surface area contributed by atoms with Crippen molar-refractivity contribution in [1.29, 1.82) is 0 Å². The predicted molar refractivity (Wildman–Crippen MR) is 129 cm³/mol. The Balaban J connectivity index is 3.44. The summed E-state index contributed by atoms with van der Waals surface area (Å²) in [7, 11) is 0. The lowest BCUT2D eigenvalue weighted by Gasteiger charge is -2.17. The summed E-state index contributed by atoms with van der Waals surface area (Å²) in [5, 5.41) is 9.54. The fraction of sp³-hybridized carbons (Fsp3) is 1.00. The first-order chi connectivity index (χ1) is 13.7. The zero-order valence-electron chi connectivity index (χ0n) is 19.6. The average Bonchev–Trinajstić information content (AvgIpc) is 2.70. The van der Waals surface area contributed by atoms with Gasteiger partial charge in [0.15, 0.2) is 0 Å². The summed E-state index contributed by atoms with van der Waals surface area (Å²) >= 11 is 1.96. The molecule has 0 rings (SSSR count). The highest BCUT2D eigenvalue weighted by atomic mass is 32.2. The molecule has 28 heavy (non-hydrogen) atoms. The van der Waals surface area contributed by atoms with Crippen LogP contribution >= 0.6 is 11.8 Å². The number of hydrogen-bond donors (Lipinski definition) is 1. The smallest absolute Gasteiger partial charge is 0.0895 e. The van der Waals surface area contributed by atoms with Crippen molar-refractivity contribution in [2.75, 3.05) is 24.7 Å². The van der Waals surface area contributed by atoms with Crippen LogP contribution in [0.4, 0.5) is 0 Å². The van der Waals surface area contributed by atoms with Gasteiger partial charge in [0, 0.05) is 12.4 Å². The van der Waals surface area contributed by atoms with Crippen LogP contribution in [0.1, 0.15) is 124 Å². The molecule has 0 bridgehead atoms. The summed E-state index contributed by atoms with van der Waals surface area (Å²) in [6, 6.07) is 0. The largest absolute Gasteiger partial charge is 0.394 e. The standard InChI is InChI=1S/C25H52O2S/c1-4-6-8-10-12-14-16-18-20-27-25(21-26)23-28-22-24(3)19-17-15-13-11-9-7-5-2/h24-26H,4-23H2,1-3H3. The van der Waals surface area contributed by atoms with Gasteiger partial charge in [0.2, 0.25) is 0 Å². The van der Waals surface area contributed by atoms with E-state index < -0.39 is 0 Å².